The molecule has 3 aromatic carbocycles. The number of aromatic amines is 1. The number of hydrogen-bond acceptors (Lipinski definition) is 4. The lowest BCUT2D eigenvalue weighted by Gasteiger charge is -2.13. The fourth-order valence-corrected chi connectivity index (χ4v) is 3.78. The Morgan fingerprint density at radius 1 is 1.06 bits per heavy atom. The fourth-order valence-electron chi connectivity index (χ4n) is 3.44. The highest BCUT2D eigenvalue weighted by Crippen LogP contribution is 2.31. The lowest BCUT2D eigenvalue weighted by molar-refractivity contribution is 0.102. The van der Waals surface area contributed by atoms with Crippen molar-refractivity contribution in [2.45, 2.75) is 20.5 Å². The summed E-state index contributed by atoms with van der Waals surface area (Å²) in [5, 5.41) is 7.43. The van der Waals surface area contributed by atoms with Gasteiger partial charge in [-0.2, -0.15) is 0 Å². The molecule has 32 heavy (non-hydrogen) atoms. The van der Waals surface area contributed by atoms with E-state index in [1.807, 2.05) is 44.2 Å². The molecule has 0 aliphatic carbocycles. The number of imidazole rings is 1. The summed E-state index contributed by atoms with van der Waals surface area (Å²) >= 11 is 12.6. The van der Waals surface area contributed by atoms with Crippen molar-refractivity contribution in [1.82, 2.24) is 9.97 Å². The van der Waals surface area contributed by atoms with Crippen LogP contribution in [0.2, 0.25) is 10.0 Å². The van der Waals surface area contributed by atoms with Gasteiger partial charge in [0.1, 0.15) is 17.9 Å². The van der Waals surface area contributed by atoms with Crippen molar-refractivity contribution in [3.63, 3.8) is 0 Å². The van der Waals surface area contributed by atoms with Gasteiger partial charge in [0.05, 0.1) is 21.8 Å². The van der Waals surface area contributed by atoms with Gasteiger partial charge >= 0.3 is 0 Å². The highest BCUT2D eigenvalue weighted by atomic mass is 35.5. The van der Waals surface area contributed by atoms with E-state index in [1.165, 1.54) is 0 Å². The standard InChI is InChI=1S/C24H22Cl2N4O2/c1-13-7-8-18(26)20(9-13)27-15-10-16(23-21(11-15)28-22(30-23)12-32-3)24(31)29-19-6-4-5-17(25)14(19)2/h4-11,27H,12H2,1-3H3,(H,28,30)(H,29,31). The molecule has 0 atom stereocenters. The summed E-state index contributed by atoms with van der Waals surface area (Å²) in [6.07, 6.45) is 0. The molecule has 1 heterocycles. The minimum Gasteiger partial charge on any atom is -0.377 e. The topological polar surface area (TPSA) is 79.0 Å². The van der Waals surface area contributed by atoms with Crippen LogP contribution >= 0.6 is 23.2 Å². The Balaban J connectivity index is 1.77. The van der Waals surface area contributed by atoms with E-state index >= 15 is 0 Å². The highest BCUT2D eigenvalue weighted by molar-refractivity contribution is 6.33. The smallest absolute Gasteiger partial charge is 0.258 e. The number of nitrogens with zero attached hydrogens (tertiary/aromatic N) is 1. The quantitative estimate of drug-likeness (QED) is 0.296. The van der Waals surface area contributed by atoms with Crippen LogP contribution in [-0.4, -0.2) is 23.0 Å². The molecule has 0 aliphatic rings. The zero-order chi connectivity index (χ0) is 22.8. The van der Waals surface area contributed by atoms with Gasteiger partial charge in [0.15, 0.2) is 0 Å². The number of hydrogen-bond donors (Lipinski definition) is 3. The number of carbonyl (C=O) groups excluding carboxylic acids is 1. The second-order valence-electron chi connectivity index (χ2n) is 7.51. The Morgan fingerprint density at radius 3 is 2.66 bits per heavy atom. The SMILES string of the molecule is COCc1nc2c(C(=O)Nc3cccc(Cl)c3C)cc(Nc3cc(C)ccc3Cl)cc2[nH]1. The molecule has 164 valence electrons. The minimum atomic E-state index is -0.296. The largest absolute Gasteiger partial charge is 0.377 e. The number of rotatable bonds is 6. The molecule has 0 bridgehead atoms. The van der Waals surface area contributed by atoms with E-state index in [0.717, 1.165) is 16.8 Å². The van der Waals surface area contributed by atoms with Gasteiger partial charge in [0.25, 0.3) is 5.91 Å². The zero-order valence-electron chi connectivity index (χ0n) is 17.8. The third-order valence-electron chi connectivity index (χ3n) is 5.08. The van der Waals surface area contributed by atoms with Crippen molar-refractivity contribution in [2.24, 2.45) is 0 Å². The van der Waals surface area contributed by atoms with Gasteiger partial charge in [0.2, 0.25) is 0 Å². The van der Waals surface area contributed by atoms with Crippen molar-refractivity contribution in [3.05, 3.63) is 81.1 Å². The summed E-state index contributed by atoms with van der Waals surface area (Å²) in [4.78, 5) is 21.1. The predicted octanol–water partition coefficient (Wildman–Crippen LogP) is 6.63. The van der Waals surface area contributed by atoms with Crippen LogP contribution in [0.15, 0.2) is 48.5 Å². The van der Waals surface area contributed by atoms with Crippen LogP contribution in [0, 0.1) is 13.8 Å². The third kappa shape index (κ3) is 4.58. The number of nitrogens with one attached hydrogen (secondary N) is 3. The molecule has 8 heteroatoms. The predicted molar refractivity (Wildman–Crippen MR) is 130 cm³/mol. The van der Waals surface area contributed by atoms with E-state index in [9.17, 15) is 4.79 Å². The molecule has 1 amide bonds. The molecule has 4 rings (SSSR count). The van der Waals surface area contributed by atoms with E-state index in [-0.39, 0.29) is 5.91 Å². The Bertz CT molecular complexity index is 1320. The van der Waals surface area contributed by atoms with Crippen molar-refractivity contribution < 1.29 is 9.53 Å². The number of benzene rings is 3. The molecule has 4 aromatic rings. The molecule has 0 unspecified atom stereocenters. The number of amides is 1. The summed E-state index contributed by atoms with van der Waals surface area (Å²) < 4.78 is 5.20. The van der Waals surface area contributed by atoms with E-state index in [2.05, 4.69) is 20.6 Å². The number of fused-ring (bicyclic) bond motifs is 1. The molecule has 3 N–H and O–H groups in total. The second-order valence-corrected chi connectivity index (χ2v) is 8.33. The molecule has 0 radical (unpaired) electrons. The number of carbonyl (C=O) groups is 1. The highest BCUT2D eigenvalue weighted by Gasteiger charge is 2.18. The number of halogens is 2. The first-order chi connectivity index (χ1) is 15.4. The Hall–Kier alpha value is -3.06. The lowest BCUT2D eigenvalue weighted by Crippen LogP contribution is -2.14. The molecule has 1 aromatic heterocycles. The summed E-state index contributed by atoms with van der Waals surface area (Å²) in [5.74, 6) is 0.330. The molecular formula is C24H22Cl2N4O2. The maximum Gasteiger partial charge on any atom is 0.258 e. The van der Waals surface area contributed by atoms with Crippen LogP contribution < -0.4 is 10.6 Å². The van der Waals surface area contributed by atoms with Crippen LogP contribution in [0.4, 0.5) is 17.1 Å². The number of aromatic nitrogens is 2. The summed E-state index contributed by atoms with van der Waals surface area (Å²) in [7, 11) is 1.59. The van der Waals surface area contributed by atoms with E-state index in [4.69, 9.17) is 27.9 Å². The van der Waals surface area contributed by atoms with Gasteiger partial charge in [-0.15, -0.1) is 0 Å². The number of aryl methyl sites for hydroxylation is 1. The fraction of sp³-hybridized carbons (Fsp3) is 0.167. The third-order valence-corrected chi connectivity index (χ3v) is 5.82. The van der Waals surface area contributed by atoms with Crippen LogP contribution in [0.5, 0.6) is 0 Å². The van der Waals surface area contributed by atoms with Gasteiger partial charge in [-0.1, -0.05) is 35.3 Å². The zero-order valence-corrected chi connectivity index (χ0v) is 19.4. The average molecular weight is 469 g/mol. The molecule has 6 nitrogen and oxygen atoms in total. The minimum absolute atomic E-state index is 0.296. The molecule has 0 spiro atoms. The first-order valence-electron chi connectivity index (χ1n) is 9.97. The maximum atomic E-state index is 13.3. The Labute approximate surface area is 195 Å². The first-order valence-corrected chi connectivity index (χ1v) is 10.7. The summed E-state index contributed by atoms with van der Waals surface area (Å²) in [6, 6.07) is 14.8. The molecule has 0 saturated carbocycles. The second kappa shape index (κ2) is 9.20. The first kappa shape index (κ1) is 22.1. The summed E-state index contributed by atoms with van der Waals surface area (Å²) in [6.45, 7) is 4.15. The number of anilines is 3. The van der Waals surface area contributed by atoms with Gasteiger partial charge in [-0.25, -0.2) is 4.98 Å². The van der Waals surface area contributed by atoms with E-state index < -0.39 is 0 Å². The van der Waals surface area contributed by atoms with Gasteiger partial charge in [0, 0.05) is 23.5 Å². The number of H-pyrrole nitrogens is 1. The number of ether oxygens (including phenoxy) is 1. The maximum absolute atomic E-state index is 13.3. The average Bonchev–Trinajstić information content (AvgIpc) is 3.16. The molecular weight excluding hydrogens is 447 g/mol. The molecule has 0 aliphatic heterocycles. The Morgan fingerprint density at radius 2 is 1.88 bits per heavy atom. The van der Waals surface area contributed by atoms with E-state index in [1.54, 1.807) is 25.3 Å². The van der Waals surface area contributed by atoms with Crippen LogP contribution in [0.25, 0.3) is 11.0 Å². The summed E-state index contributed by atoms with van der Waals surface area (Å²) in [5.41, 5.74) is 5.62. The van der Waals surface area contributed by atoms with Crippen LogP contribution in [-0.2, 0) is 11.3 Å². The lowest BCUT2D eigenvalue weighted by atomic mass is 10.1. The normalized spacial score (nSPS) is 11.0. The molecule has 0 fully saturated rings. The van der Waals surface area contributed by atoms with E-state index in [0.29, 0.717) is 50.4 Å². The Kier molecular flexibility index (Phi) is 6.37. The van der Waals surface area contributed by atoms with Crippen LogP contribution in [0.3, 0.4) is 0 Å². The van der Waals surface area contributed by atoms with Crippen molar-refractivity contribution in [3.8, 4) is 0 Å². The van der Waals surface area contributed by atoms with Crippen LogP contribution in [0.1, 0.15) is 27.3 Å². The van der Waals surface area contributed by atoms with Gasteiger partial charge in [-0.05, 0) is 61.4 Å². The number of methoxy groups -OCH3 is 1. The van der Waals surface area contributed by atoms with Crippen molar-refractivity contribution in [1.29, 1.82) is 0 Å². The molecule has 0 saturated heterocycles. The van der Waals surface area contributed by atoms with Gasteiger partial charge in [-0.3, -0.25) is 4.79 Å². The van der Waals surface area contributed by atoms with Crippen molar-refractivity contribution >= 4 is 57.2 Å². The van der Waals surface area contributed by atoms with Crippen molar-refractivity contribution in [2.75, 3.05) is 17.7 Å². The monoisotopic (exact) mass is 468 g/mol. The van der Waals surface area contributed by atoms with Gasteiger partial charge < -0.3 is 20.4 Å².